The van der Waals surface area contributed by atoms with Crippen molar-refractivity contribution in [2.24, 2.45) is 5.10 Å². The van der Waals surface area contributed by atoms with Crippen LogP contribution in [0.3, 0.4) is 0 Å². The molecule has 0 fully saturated rings. The zero-order valence-corrected chi connectivity index (χ0v) is 16.8. The minimum absolute atomic E-state index is 0.0325. The molecule has 1 N–H and O–H groups in total. The highest BCUT2D eigenvalue weighted by atomic mass is 79.9. The third-order valence-electron chi connectivity index (χ3n) is 3.82. The lowest BCUT2D eigenvalue weighted by Gasteiger charge is -2.06. The zero-order chi connectivity index (χ0) is 20.1. The van der Waals surface area contributed by atoms with E-state index < -0.39 is 5.97 Å². The van der Waals surface area contributed by atoms with Crippen LogP contribution in [0.1, 0.15) is 27.5 Å². The summed E-state index contributed by atoms with van der Waals surface area (Å²) in [5, 5.41) is 8.21. The smallest absolute Gasteiger partial charge is 0.379 e. The van der Waals surface area contributed by atoms with Crippen molar-refractivity contribution in [3.8, 4) is 5.75 Å². The monoisotopic (exact) mass is 444 g/mol. The Balaban J connectivity index is 1.63. The molecule has 0 saturated heterocycles. The van der Waals surface area contributed by atoms with Crippen molar-refractivity contribution in [2.75, 3.05) is 0 Å². The molecule has 0 aliphatic rings. The van der Waals surface area contributed by atoms with Gasteiger partial charge in [0.05, 0.1) is 28.3 Å². The van der Waals surface area contributed by atoms with Crippen LogP contribution >= 0.6 is 15.9 Å². The van der Waals surface area contributed by atoms with E-state index in [4.69, 9.17) is 9.15 Å². The number of ether oxygens (including phenoxy) is 1. The molecule has 9 heteroatoms. The molecule has 2 heterocycles. The van der Waals surface area contributed by atoms with Crippen LogP contribution in [0.4, 0.5) is 0 Å². The van der Waals surface area contributed by atoms with Gasteiger partial charge in [-0.1, -0.05) is 12.1 Å². The molecule has 2 aromatic heterocycles. The van der Waals surface area contributed by atoms with Crippen LogP contribution in [0.15, 0.2) is 56.7 Å². The van der Waals surface area contributed by atoms with E-state index in [0.29, 0.717) is 11.3 Å². The average Bonchev–Trinajstić information content (AvgIpc) is 3.29. The Morgan fingerprint density at radius 1 is 1.29 bits per heavy atom. The Bertz CT molecular complexity index is 1020. The first-order valence-electron chi connectivity index (χ1n) is 8.32. The number of carbonyl (C=O) groups excluding carboxylic acids is 2. The number of nitrogens with zero attached hydrogens (tertiary/aromatic N) is 3. The SMILES string of the molecule is Cc1nn(CC(=O)N/N=C/c2ccccc2OC(=O)c2ccco2)c(C)c1Br. The number of aromatic nitrogens is 2. The summed E-state index contributed by atoms with van der Waals surface area (Å²) >= 11 is 3.42. The number of hydrogen-bond donors (Lipinski definition) is 1. The standard InChI is InChI=1S/C19H17BrN4O4/c1-12-18(20)13(2)24(23-12)11-17(25)22-21-10-14-6-3-4-7-15(14)28-19(26)16-8-5-9-27-16/h3-10H,11H2,1-2H3,(H,22,25)/b21-10+. The molecule has 0 aliphatic heterocycles. The number of halogens is 1. The second-order valence-electron chi connectivity index (χ2n) is 5.84. The molecule has 8 nitrogen and oxygen atoms in total. The molecule has 0 radical (unpaired) electrons. The number of carbonyl (C=O) groups is 2. The highest BCUT2D eigenvalue weighted by Crippen LogP contribution is 2.20. The maximum absolute atomic E-state index is 12.1. The Morgan fingerprint density at radius 3 is 2.75 bits per heavy atom. The van der Waals surface area contributed by atoms with E-state index >= 15 is 0 Å². The summed E-state index contributed by atoms with van der Waals surface area (Å²) in [6.07, 6.45) is 2.79. The fourth-order valence-electron chi connectivity index (χ4n) is 2.40. The number of rotatable bonds is 6. The molecule has 0 saturated carbocycles. The number of para-hydroxylation sites is 1. The van der Waals surface area contributed by atoms with Crippen molar-refractivity contribution >= 4 is 34.0 Å². The molecule has 0 unspecified atom stereocenters. The van der Waals surface area contributed by atoms with E-state index in [1.165, 1.54) is 18.5 Å². The van der Waals surface area contributed by atoms with Crippen molar-refractivity contribution in [1.82, 2.24) is 15.2 Å². The first kappa shape index (κ1) is 19.6. The Kier molecular flexibility index (Phi) is 6.05. The van der Waals surface area contributed by atoms with E-state index in [0.717, 1.165) is 15.9 Å². The first-order chi connectivity index (χ1) is 13.5. The van der Waals surface area contributed by atoms with Gasteiger partial charge < -0.3 is 9.15 Å². The van der Waals surface area contributed by atoms with Gasteiger partial charge in [0.25, 0.3) is 5.91 Å². The third-order valence-corrected chi connectivity index (χ3v) is 4.97. The predicted molar refractivity (Wildman–Crippen MR) is 105 cm³/mol. The lowest BCUT2D eigenvalue weighted by Crippen LogP contribution is -2.24. The van der Waals surface area contributed by atoms with Crippen molar-refractivity contribution in [3.63, 3.8) is 0 Å². The van der Waals surface area contributed by atoms with Gasteiger partial charge in [0.2, 0.25) is 5.76 Å². The lowest BCUT2D eigenvalue weighted by atomic mass is 10.2. The average molecular weight is 445 g/mol. The van der Waals surface area contributed by atoms with Gasteiger partial charge >= 0.3 is 5.97 Å². The number of amides is 1. The fourth-order valence-corrected chi connectivity index (χ4v) is 2.68. The van der Waals surface area contributed by atoms with E-state index in [2.05, 4.69) is 31.6 Å². The molecule has 144 valence electrons. The lowest BCUT2D eigenvalue weighted by molar-refractivity contribution is -0.121. The van der Waals surface area contributed by atoms with Gasteiger partial charge in [-0.05, 0) is 54.0 Å². The highest BCUT2D eigenvalue weighted by molar-refractivity contribution is 9.10. The second-order valence-corrected chi connectivity index (χ2v) is 6.63. The second kappa shape index (κ2) is 8.66. The maximum Gasteiger partial charge on any atom is 0.379 e. The topological polar surface area (TPSA) is 98.7 Å². The fraction of sp³-hybridized carbons (Fsp3) is 0.158. The zero-order valence-electron chi connectivity index (χ0n) is 15.2. The van der Waals surface area contributed by atoms with Crippen LogP contribution in [-0.4, -0.2) is 27.9 Å². The minimum Gasteiger partial charge on any atom is -0.457 e. The van der Waals surface area contributed by atoms with Gasteiger partial charge in [0.1, 0.15) is 12.3 Å². The van der Waals surface area contributed by atoms with Crippen molar-refractivity contribution < 1.29 is 18.7 Å². The first-order valence-corrected chi connectivity index (χ1v) is 9.11. The van der Waals surface area contributed by atoms with Gasteiger partial charge in [-0.15, -0.1) is 0 Å². The highest BCUT2D eigenvalue weighted by Gasteiger charge is 2.14. The summed E-state index contributed by atoms with van der Waals surface area (Å²) in [6.45, 7) is 3.75. The van der Waals surface area contributed by atoms with Crippen LogP contribution in [-0.2, 0) is 11.3 Å². The van der Waals surface area contributed by atoms with Gasteiger partial charge in [-0.2, -0.15) is 10.2 Å². The molecular weight excluding hydrogens is 428 g/mol. The summed E-state index contributed by atoms with van der Waals surface area (Å²) in [5.41, 5.74) is 4.62. The van der Waals surface area contributed by atoms with Gasteiger partial charge in [-0.25, -0.2) is 10.2 Å². The quantitative estimate of drug-likeness (QED) is 0.272. The van der Waals surface area contributed by atoms with E-state index in [1.807, 2.05) is 13.8 Å². The Hall–Kier alpha value is -3.20. The Labute approximate surface area is 169 Å². The molecule has 1 amide bonds. The molecule has 28 heavy (non-hydrogen) atoms. The molecule has 0 bridgehead atoms. The van der Waals surface area contributed by atoms with Crippen LogP contribution in [0.5, 0.6) is 5.75 Å². The van der Waals surface area contributed by atoms with Gasteiger partial charge in [0.15, 0.2) is 0 Å². The number of aryl methyl sites for hydroxylation is 1. The molecule has 3 rings (SSSR count). The van der Waals surface area contributed by atoms with Gasteiger partial charge in [-0.3, -0.25) is 9.48 Å². The largest absolute Gasteiger partial charge is 0.457 e. The molecule has 1 aromatic carbocycles. The number of benzene rings is 1. The minimum atomic E-state index is -0.620. The number of hydrazone groups is 1. The summed E-state index contributed by atoms with van der Waals surface area (Å²) in [5.74, 6) is -0.565. The summed E-state index contributed by atoms with van der Waals surface area (Å²) in [7, 11) is 0. The normalized spacial score (nSPS) is 11.0. The van der Waals surface area contributed by atoms with E-state index in [1.54, 1.807) is 35.0 Å². The summed E-state index contributed by atoms with van der Waals surface area (Å²) in [4.78, 5) is 24.1. The summed E-state index contributed by atoms with van der Waals surface area (Å²) < 4.78 is 12.8. The number of esters is 1. The van der Waals surface area contributed by atoms with Gasteiger partial charge in [0, 0.05) is 5.56 Å². The van der Waals surface area contributed by atoms with Crippen LogP contribution in [0, 0.1) is 13.8 Å². The molecular formula is C19H17BrN4O4. The van der Waals surface area contributed by atoms with E-state index in [9.17, 15) is 9.59 Å². The number of hydrogen-bond acceptors (Lipinski definition) is 6. The van der Waals surface area contributed by atoms with E-state index in [-0.39, 0.29) is 18.2 Å². The maximum atomic E-state index is 12.1. The molecule has 3 aromatic rings. The number of nitrogens with one attached hydrogen (secondary N) is 1. The third kappa shape index (κ3) is 4.55. The van der Waals surface area contributed by atoms with Crippen molar-refractivity contribution in [3.05, 3.63) is 69.8 Å². The molecule has 0 spiro atoms. The molecule has 0 atom stereocenters. The van der Waals surface area contributed by atoms with Crippen molar-refractivity contribution in [1.29, 1.82) is 0 Å². The number of furan rings is 1. The predicted octanol–water partition coefficient (Wildman–Crippen LogP) is 3.22. The Morgan fingerprint density at radius 2 is 2.07 bits per heavy atom. The summed E-state index contributed by atoms with van der Waals surface area (Å²) in [6, 6.07) is 9.93. The molecule has 0 aliphatic carbocycles. The van der Waals surface area contributed by atoms with Crippen LogP contribution < -0.4 is 10.2 Å². The van der Waals surface area contributed by atoms with Crippen LogP contribution in [0.2, 0.25) is 0 Å². The van der Waals surface area contributed by atoms with Crippen LogP contribution in [0.25, 0.3) is 0 Å². The van der Waals surface area contributed by atoms with Crippen molar-refractivity contribution in [2.45, 2.75) is 20.4 Å².